The number of allylic oxidation sites excluding steroid dienone is 2. The minimum atomic E-state index is -0.767. The zero-order chi connectivity index (χ0) is 50.0. The van der Waals surface area contributed by atoms with E-state index in [1.165, 1.54) is 257 Å². The SMILES string of the molecule is CCCCCCCC/C=C/CCCCCCCCCC(=O)O[C@H](COC(=O)CCCCCCCCCCCCCCCCC)COC(=O)CCCCCCCCCCCCCCCCCCCCC. The van der Waals surface area contributed by atoms with Gasteiger partial charge < -0.3 is 14.2 Å². The number of hydrogen-bond donors (Lipinski definition) is 0. The fraction of sp³-hybridized carbons (Fsp3) is 0.921. The van der Waals surface area contributed by atoms with Crippen LogP contribution in [-0.4, -0.2) is 37.2 Å². The number of carbonyl (C=O) groups excluding carboxylic acids is 3. The summed E-state index contributed by atoms with van der Waals surface area (Å²) in [5.41, 5.74) is 0. The summed E-state index contributed by atoms with van der Waals surface area (Å²) >= 11 is 0. The predicted molar refractivity (Wildman–Crippen MR) is 298 cm³/mol. The number of esters is 3. The van der Waals surface area contributed by atoms with E-state index in [0.29, 0.717) is 19.3 Å². The topological polar surface area (TPSA) is 78.9 Å². The van der Waals surface area contributed by atoms with E-state index in [9.17, 15) is 14.4 Å². The molecular weight excluding hydrogens is 853 g/mol. The molecule has 0 N–H and O–H groups in total. The van der Waals surface area contributed by atoms with Crippen molar-refractivity contribution in [2.75, 3.05) is 13.2 Å². The molecule has 0 aromatic heterocycles. The second-order valence-corrected chi connectivity index (χ2v) is 21.3. The van der Waals surface area contributed by atoms with Gasteiger partial charge in [-0.1, -0.05) is 303 Å². The molecule has 0 radical (unpaired) electrons. The Morgan fingerprint density at radius 3 is 0.725 bits per heavy atom. The van der Waals surface area contributed by atoms with E-state index in [1.807, 2.05) is 0 Å². The van der Waals surface area contributed by atoms with Crippen LogP contribution >= 0.6 is 0 Å². The lowest BCUT2D eigenvalue weighted by molar-refractivity contribution is -0.167. The first-order chi connectivity index (χ1) is 34.0. The van der Waals surface area contributed by atoms with Crippen molar-refractivity contribution in [3.8, 4) is 0 Å². The third-order valence-corrected chi connectivity index (χ3v) is 14.3. The minimum Gasteiger partial charge on any atom is -0.462 e. The Kier molecular flexibility index (Phi) is 57.1. The predicted octanol–water partition coefficient (Wildman–Crippen LogP) is 20.9. The summed E-state index contributed by atoms with van der Waals surface area (Å²) in [6, 6.07) is 0. The molecule has 0 saturated heterocycles. The second-order valence-electron chi connectivity index (χ2n) is 21.3. The summed E-state index contributed by atoms with van der Waals surface area (Å²) in [5, 5.41) is 0. The highest BCUT2D eigenvalue weighted by molar-refractivity contribution is 5.71. The fourth-order valence-electron chi connectivity index (χ4n) is 9.56. The maximum atomic E-state index is 12.9. The van der Waals surface area contributed by atoms with Crippen molar-refractivity contribution in [3.05, 3.63) is 12.2 Å². The molecule has 0 saturated carbocycles. The van der Waals surface area contributed by atoms with Gasteiger partial charge in [0.05, 0.1) is 0 Å². The van der Waals surface area contributed by atoms with Crippen LogP contribution in [-0.2, 0) is 28.6 Å². The number of ether oxygens (including phenoxy) is 3. The largest absolute Gasteiger partial charge is 0.462 e. The number of carbonyl (C=O) groups is 3. The maximum absolute atomic E-state index is 12.9. The minimum absolute atomic E-state index is 0.0653. The Morgan fingerprint density at radius 2 is 0.478 bits per heavy atom. The number of unbranched alkanes of at least 4 members (excludes halogenated alkanes) is 45. The average Bonchev–Trinajstić information content (AvgIpc) is 3.35. The van der Waals surface area contributed by atoms with Crippen LogP contribution < -0.4 is 0 Å². The second kappa shape index (κ2) is 58.7. The van der Waals surface area contributed by atoms with Gasteiger partial charge in [-0.05, 0) is 44.9 Å². The Bertz CT molecular complexity index is 1070. The van der Waals surface area contributed by atoms with E-state index >= 15 is 0 Å². The monoisotopic (exact) mass is 973 g/mol. The van der Waals surface area contributed by atoms with Crippen molar-refractivity contribution in [1.29, 1.82) is 0 Å². The summed E-state index contributed by atoms with van der Waals surface area (Å²) in [6.45, 7) is 6.71. The standard InChI is InChI=1S/C63H120O6/c1-4-7-10-13-16-19-22-25-28-30-31-33-35-38-41-44-47-50-53-56-62(65)68-59-60(58-67-61(64)55-52-49-46-43-40-37-34-27-24-21-18-15-12-9-6-3)69-63(66)57-54-51-48-45-42-39-36-32-29-26-23-20-17-14-11-8-5-2/h26,29,60H,4-25,27-28,30-59H2,1-3H3/b29-26+/t60-/m1/s1. The van der Waals surface area contributed by atoms with Gasteiger partial charge in [-0.15, -0.1) is 0 Å². The normalized spacial score (nSPS) is 12.0. The Labute approximate surface area is 431 Å². The van der Waals surface area contributed by atoms with Crippen molar-refractivity contribution in [1.82, 2.24) is 0 Å². The molecule has 0 unspecified atom stereocenters. The quantitative estimate of drug-likeness (QED) is 0.0261. The van der Waals surface area contributed by atoms with Crippen LogP contribution in [0.5, 0.6) is 0 Å². The first kappa shape index (κ1) is 67.1. The molecule has 1 atom stereocenters. The highest BCUT2D eigenvalue weighted by Crippen LogP contribution is 2.18. The lowest BCUT2D eigenvalue weighted by atomic mass is 10.0. The summed E-state index contributed by atoms with van der Waals surface area (Å²) < 4.78 is 16.9. The van der Waals surface area contributed by atoms with Gasteiger partial charge in [0.2, 0.25) is 0 Å². The molecule has 0 bridgehead atoms. The molecule has 0 aromatic carbocycles. The van der Waals surface area contributed by atoms with Crippen LogP contribution in [0.25, 0.3) is 0 Å². The van der Waals surface area contributed by atoms with Gasteiger partial charge in [0.15, 0.2) is 6.10 Å². The lowest BCUT2D eigenvalue weighted by Gasteiger charge is -2.18. The Hall–Kier alpha value is -1.85. The summed E-state index contributed by atoms with van der Waals surface area (Å²) in [5.74, 6) is -0.840. The molecule has 6 heteroatoms. The van der Waals surface area contributed by atoms with Crippen LogP contribution in [0, 0.1) is 0 Å². The molecule has 0 rings (SSSR count). The highest BCUT2D eigenvalue weighted by Gasteiger charge is 2.19. The van der Waals surface area contributed by atoms with Crippen molar-refractivity contribution < 1.29 is 28.6 Å². The van der Waals surface area contributed by atoms with Crippen molar-refractivity contribution in [2.24, 2.45) is 0 Å². The van der Waals surface area contributed by atoms with E-state index in [0.717, 1.165) is 57.8 Å². The van der Waals surface area contributed by atoms with E-state index in [2.05, 4.69) is 32.9 Å². The third kappa shape index (κ3) is 56.9. The van der Waals surface area contributed by atoms with Gasteiger partial charge in [0, 0.05) is 19.3 Å². The molecule has 0 aliphatic carbocycles. The average molecular weight is 974 g/mol. The van der Waals surface area contributed by atoms with Crippen molar-refractivity contribution >= 4 is 17.9 Å². The third-order valence-electron chi connectivity index (χ3n) is 14.3. The summed E-state index contributed by atoms with van der Waals surface area (Å²) in [6.07, 6.45) is 67.8. The molecule has 6 nitrogen and oxygen atoms in total. The molecule has 69 heavy (non-hydrogen) atoms. The summed E-state index contributed by atoms with van der Waals surface area (Å²) in [7, 11) is 0. The molecule has 408 valence electrons. The van der Waals surface area contributed by atoms with Crippen LogP contribution in [0.1, 0.15) is 355 Å². The zero-order valence-electron chi connectivity index (χ0n) is 46.9. The van der Waals surface area contributed by atoms with Crippen molar-refractivity contribution in [2.45, 2.75) is 361 Å². The number of hydrogen-bond acceptors (Lipinski definition) is 6. The van der Waals surface area contributed by atoms with Gasteiger partial charge in [-0.3, -0.25) is 14.4 Å². The van der Waals surface area contributed by atoms with Crippen LogP contribution in [0.4, 0.5) is 0 Å². The highest BCUT2D eigenvalue weighted by atomic mass is 16.6. The van der Waals surface area contributed by atoms with Gasteiger partial charge in [-0.25, -0.2) is 0 Å². The number of rotatable bonds is 58. The van der Waals surface area contributed by atoms with Crippen molar-refractivity contribution in [3.63, 3.8) is 0 Å². The molecule has 0 aliphatic heterocycles. The molecule has 0 heterocycles. The van der Waals surface area contributed by atoms with Gasteiger partial charge >= 0.3 is 17.9 Å². The Balaban J connectivity index is 4.30. The molecule has 0 aliphatic rings. The van der Waals surface area contributed by atoms with Crippen LogP contribution in [0.15, 0.2) is 12.2 Å². The van der Waals surface area contributed by atoms with E-state index in [1.54, 1.807) is 0 Å². The van der Waals surface area contributed by atoms with E-state index in [-0.39, 0.29) is 31.1 Å². The molecule has 0 amide bonds. The molecule has 0 fully saturated rings. The zero-order valence-corrected chi connectivity index (χ0v) is 46.9. The van der Waals surface area contributed by atoms with Gasteiger partial charge in [0.25, 0.3) is 0 Å². The smallest absolute Gasteiger partial charge is 0.306 e. The van der Waals surface area contributed by atoms with E-state index in [4.69, 9.17) is 14.2 Å². The fourth-order valence-corrected chi connectivity index (χ4v) is 9.56. The first-order valence-electron chi connectivity index (χ1n) is 31.2. The summed E-state index contributed by atoms with van der Waals surface area (Å²) in [4.78, 5) is 38.3. The molecule has 0 spiro atoms. The lowest BCUT2D eigenvalue weighted by Crippen LogP contribution is -2.30. The van der Waals surface area contributed by atoms with E-state index < -0.39 is 6.10 Å². The van der Waals surface area contributed by atoms with Gasteiger partial charge in [0.1, 0.15) is 13.2 Å². The molecular formula is C63H120O6. The first-order valence-corrected chi connectivity index (χ1v) is 31.2. The molecule has 0 aromatic rings. The van der Waals surface area contributed by atoms with Crippen LogP contribution in [0.3, 0.4) is 0 Å². The Morgan fingerprint density at radius 1 is 0.275 bits per heavy atom. The maximum Gasteiger partial charge on any atom is 0.306 e. The van der Waals surface area contributed by atoms with Crippen LogP contribution in [0.2, 0.25) is 0 Å². The van der Waals surface area contributed by atoms with Gasteiger partial charge in [-0.2, -0.15) is 0 Å².